The summed E-state index contributed by atoms with van der Waals surface area (Å²) in [6.45, 7) is 0. The van der Waals surface area contributed by atoms with Crippen LogP contribution >= 0.6 is 0 Å². The first kappa shape index (κ1) is 13.5. The SMILES string of the molecule is O=C(O)c1cc(-c2cc3ccccc3o2)nc2c(F)cccc12. The summed E-state index contributed by atoms with van der Waals surface area (Å²) in [5.41, 5.74) is 0.957. The predicted octanol–water partition coefficient (Wildman–Crippen LogP) is 4.49. The Morgan fingerprint density at radius 3 is 2.70 bits per heavy atom. The molecule has 0 aliphatic heterocycles. The van der Waals surface area contributed by atoms with Crippen LogP contribution in [0.1, 0.15) is 10.4 Å². The van der Waals surface area contributed by atoms with Gasteiger partial charge in [-0.2, -0.15) is 0 Å². The number of nitrogens with zero attached hydrogens (tertiary/aromatic N) is 1. The lowest BCUT2D eigenvalue weighted by molar-refractivity contribution is 0.0699. The smallest absolute Gasteiger partial charge is 0.336 e. The van der Waals surface area contributed by atoms with E-state index in [0.29, 0.717) is 11.3 Å². The molecule has 2 heterocycles. The van der Waals surface area contributed by atoms with E-state index in [4.69, 9.17) is 4.42 Å². The standard InChI is InChI=1S/C18H10FNO3/c19-13-6-3-5-11-12(18(21)22)9-14(20-17(11)13)16-8-10-4-1-2-7-15(10)23-16/h1-9H,(H,21,22). The third-order valence-corrected chi connectivity index (χ3v) is 3.70. The van der Waals surface area contributed by atoms with Gasteiger partial charge in [0.15, 0.2) is 5.76 Å². The van der Waals surface area contributed by atoms with Crippen LogP contribution in [-0.2, 0) is 0 Å². The average Bonchev–Trinajstić information content (AvgIpc) is 2.98. The fourth-order valence-corrected chi connectivity index (χ4v) is 2.62. The van der Waals surface area contributed by atoms with Crippen LogP contribution in [0.4, 0.5) is 4.39 Å². The molecule has 5 heteroatoms. The zero-order valence-corrected chi connectivity index (χ0v) is 11.8. The number of benzene rings is 2. The highest BCUT2D eigenvalue weighted by Gasteiger charge is 2.17. The molecule has 0 saturated carbocycles. The lowest BCUT2D eigenvalue weighted by Crippen LogP contribution is -2.01. The van der Waals surface area contributed by atoms with Gasteiger partial charge in [-0.05, 0) is 24.3 Å². The van der Waals surface area contributed by atoms with E-state index < -0.39 is 11.8 Å². The van der Waals surface area contributed by atoms with Gasteiger partial charge in [-0.15, -0.1) is 0 Å². The van der Waals surface area contributed by atoms with Gasteiger partial charge in [0, 0.05) is 10.8 Å². The van der Waals surface area contributed by atoms with E-state index in [1.165, 1.54) is 24.3 Å². The molecule has 4 rings (SSSR count). The van der Waals surface area contributed by atoms with Gasteiger partial charge >= 0.3 is 5.97 Å². The topological polar surface area (TPSA) is 63.3 Å². The first-order chi connectivity index (χ1) is 11.1. The summed E-state index contributed by atoms with van der Waals surface area (Å²) in [7, 11) is 0. The lowest BCUT2D eigenvalue weighted by Gasteiger charge is -2.05. The summed E-state index contributed by atoms with van der Waals surface area (Å²) in [5, 5.41) is 10.5. The summed E-state index contributed by atoms with van der Waals surface area (Å²) in [6, 6.07) is 14.8. The van der Waals surface area contributed by atoms with Gasteiger partial charge in [-0.1, -0.05) is 30.3 Å². The molecular formula is C18H10FNO3. The van der Waals surface area contributed by atoms with Crippen LogP contribution in [-0.4, -0.2) is 16.1 Å². The average molecular weight is 307 g/mol. The minimum absolute atomic E-state index is 0.00930. The molecule has 23 heavy (non-hydrogen) atoms. The Morgan fingerprint density at radius 1 is 1.09 bits per heavy atom. The van der Waals surface area contributed by atoms with Crippen molar-refractivity contribution in [3.05, 3.63) is 66.0 Å². The Balaban J connectivity index is 2.03. The number of furan rings is 1. The highest BCUT2D eigenvalue weighted by atomic mass is 19.1. The highest BCUT2D eigenvalue weighted by Crippen LogP contribution is 2.30. The molecule has 0 saturated heterocycles. The van der Waals surface area contributed by atoms with E-state index in [2.05, 4.69) is 4.98 Å². The van der Waals surface area contributed by atoms with Crippen molar-refractivity contribution in [3.8, 4) is 11.5 Å². The number of para-hydroxylation sites is 2. The van der Waals surface area contributed by atoms with E-state index in [0.717, 1.165) is 5.39 Å². The molecule has 2 aromatic carbocycles. The van der Waals surface area contributed by atoms with Gasteiger partial charge < -0.3 is 9.52 Å². The second-order valence-electron chi connectivity index (χ2n) is 5.14. The van der Waals surface area contributed by atoms with Gasteiger partial charge in [-0.25, -0.2) is 14.2 Å². The van der Waals surface area contributed by atoms with Crippen LogP contribution in [0.5, 0.6) is 0 Å². The molecule has 4 nitrogen and oxygen atoms in total. The number of aromatic carboxylic acids is 1. The minimum atomic E-state index is -1.14. The number of fused-ring (bicyclic) bond motifs is 2. The number of hydrogen-bond donors (Lipinski definition) is 1. The number of rotatable bonds is 2. The van der Waals surface area contributed by atoms with E-state index in [1.54, 1.807) is 12.1 Å². The maximum absolute atomic E-state index is 14.0. The molecule has 0 bridgehead atoms. The normalized spacial score (nSPS) is 11.2. The summed E-state index contributed by atoms with van der Waals surface area (Å²) in [6.07, 6.45) is 0. The van der Waals surface area contributed by atoms with Crippen molar-refractivity contribution in [2.45, 2.75) is 0 Å². The molecule has 0 radical (unpaired) electrons. The van der Waals surface area contributed by atoms with E-state index in [1.807, 2.05) is 18.2 Å². The maximum atomic E-state index is 14.0. The number of carboxylic acid groups (broad SMARTS) is 1. The molecule has 4 aromatic rings. The van der Waals surface area contributed by atoms with Crippen molar-refractivity contribution in [1.29, 1.82) is 0 Å². The van der Waals surface area contributed by atoms with Crippen molar-refractivity contribution >= 4 is 27.8 Å². The third kappa shape index (κ3) is 2.14. The monoisotopic (exact) mass is 307 g/mol. The zero-order chi connectivity index (χ0) is 16.0. The van der Waals surface area contributed by atoms with Gasteiger partial charge in [0.05, 0.1) is 5.56 Å². The molecule has 0 atom stereocenters. The first-order valence-corrected chi connectivity index (χ1v) is 6.95. The van der Waals surface area contributed by atoms with E-state index >= 15 is 0 Å². The quantitative estimate of drug-likeness (QED) is 0.593. The van der Waals surface area contributed by atoms with Gasteiger partial charge in [0.25, 0.3) is 0 Å². The Hall–Kier alpha value is -3.21. The molecule has 112 valence electrons. The van der Waals surface area contributed by atoms with Crippen molar-refractivity contribution in [3.63, 3.8) is 0 Å². The molecule has 0 fully saturated rings. The van der Waals surface area contributed by atoms with Crippen molar-refractivity contribution in [1.82, 2.24) is 4.98 Å². The fraction of sp³-hybridized carbons (Fsp3) is 0. The molecule has 0 unspecified atom stereocenters. The number of carboxylic acids is 1. The number of carbonyl (C=O) groups is 1. The number of hydrogen-bond acceptors (Lipinski definition) is 3. The number of aromatic nitrogens is 1. The summed E-state index contributed by atoms with van der Waals surface area (Å²) in [5.74, 6) is -1.30. The number of pyridine rings is 1. The summed E-state index contributed by atoms with van der Waals surface area (Å²) < 4.78 is 19.7. The molecule has 0 aliphatic rings. The van der Waals surface area contributed by atoms with Crippen molar-refractivity contribution in [2.75, 3.05) is 0 Å². The van der Waals surface area contributed by atoms with Gasteiger partial charge in [0.2, 0.25) is 0 Å². The van der Waals surface area contributed by atoms with Crippen LogP contribution in [0.3, 0.4) is 0 Å². The Kier molecular flexibility index (Phi) is 2.87. The fourth-order valence-electron chi connectivity index (χ4n) is 2.62. The highest BCUT2D eigenvalue weighted by molar-refractivity contribution is 6.04. The largest absolute Gasteiger partial charge is 0.478 e. The van der Waals surface area contributed by atoms with Crippen LogP contribution in [0.25, 0.3) is 33.3 Å². The Labute approximate surface area is 129 Å². The van der Waals surface area contributed by atoms with Crippen LogP contribution < -0.4 is 0 Å². The number of halogens is 1. The summed E-state index contributed by atoms with van der Waals surface area (Å²) in [4.78, 5) is 15.8. The molecule has 0 aliphatic carbocycles. The first-order valence-electron chi connectivity index (χ1n) is 6.95. The molecule has 2 aromatic heterocycles. The van der Waals surface area contributed by atoms with Crippen molar-refractivity contribution < 1.29 is 18.7 Å². The van der Waals surface area contributed by atoms with Crippen LogP contribution in [0.2, 0.25) is 0 Å². The van der Waals surface area contributed by atoms with E-state index in [-0.39, 0.29) is 22.2 Å². The molecule has 0 amide bonds. The maximum Gasteiger partial charge on any atom is 0.336 e. The minimum Gasteiger partial charge on any atom is -0.478 e. The zero-order valence-electron chi connectivity index (χ0n) is 11.8. The Morgan fingerprint density at radius 2 is 1.91 bits per heavy atom. The summed E-state index contributed by atoms with van der Waals surface area (Å²) >= 11 is 0. The second kappa shape index (κ2) is 4.91. The molecule has 1 N–H and O–H groups in total. The lowest BCUT2D eigenvalue weighted by atomic mass is 10.1. The third-order valence-electron chi connectivity index (χ3n) is 3.70. The second-order valence-corrected chi connectivity index (χ2v) is 5.14. The van der Waals surface area contributed by atoms with Crippen LogP contribution in [0, 0.1) is 5.82 Å². The van der Waals surface area contributed by atoms with E-state index in [9.17, 15) is 14.3 Å². The predicted molar refractivity (Wildman–Crippen MR) is 83.9 cm³/mol. The van der Waals surface area contributed by atoms with Crippen molar-refractivity contribution in [2.24, 2.45) is 0 Å². The molecular weight excluding hydrogens is 297 g/mol. The van der Waals surface area contributed by atoms with Gasteiger partial charge in [-0.3, -0.25) is 0 Å². The molecule has 0 spiro atoms. The van der Waals surface area contributed by atoms with Gasteiger partial charge in [0.1, 0.15) is 22.6 Å². The van der Waals surface area contributed by atoms with Crippen LogP contribution in [0.15, 0.2) is 59.0 Å². The Bertz CT molecular complexity index is 1040.